The molecule has 1 aromatic carbocycles. The molecule has 2 unspecified atom stereocenters. The molecule has 1 aliphatic heterocycles. The number of hydrogen-bond donors (Lipinski definition) is 1. The van der Waals surface area contributed by atoms with Crippen molar-refractivity contribution in [3.63, 3.8) is 0 Å². The van der Waals surface area contributed by atoms with E-state index in [2.05, 4.69) is 15.9 Å². The minimum atomic E-state index is -0.828. The number of nitrogens with zero attached hydrogens (tertiary/aromatic N) is 2. The summed E-state index contributed by atoms with van der Waals surface area (Å²) in [4.78, 5) is 26.8. The predicted octanol–water partition coefficient (Wildman–Crippen LogP) is 2.65. The number of urea groups is 1. The molecule has 5 nitrogen and oxygen atoms in total. The summed E-state index contributed by atoms with van der Waals surface area (Å²) >= 11 is 3.47. The number of rotatable bonds is 3. The Labute approximate surface area is 132 Å². The third kappa shape index (κ3) is 3.56. The highest BCUT2D eigenvalue weighted by Crippen LogP contribution is 2.25. The fraction of sp³-hybridized carbons (Fsp3) is 0.467. The standard InChI is InChI=1S/C15H19BrN2O3/c1-10-7-18(9-12(10)14(19)20)15(21)17(2)8-11-5-3-4-6-13(11)16/h3-6,10,12H,7-9H2,1-2H3,(H,19,20). The molecule has 0 bridgehead atoms. The van der Waals surface area contributed by atoms with Crippen LogP contribution < -0.4 is 0 Å². The van der Waals surface area contributed by atoms with Crippen LogP contribution in [0.3, 0.4) is 0 Å². The number of halogens is 1. The van der Waals surface area contributed by atoms with Crippen LogP contribution in [0.2, 0.25) is 0 Å². The third-order valence-corrected chi connectivity index (χ3v) is 4.67. The van der Waals surface area contributed by atoms with Crippen molar-refractivity contribution in [2.24, 2.45) is 11.8 Å². The van der Waals surface area contributed by atoms with E-state index in [-0.39, 0.29) is 18.5 Å². The Morgan fingerprint density at radius 3 is 2.62 bits per heavy atom. The Hall–Kier alpha value is -1.56. The van der Waals surface area contributed by atoms with Crippen LogP contribution in [0.25, 0.3) is 0 Å². The van der Waals surface area contributed by atoms with E-state index in [0.717, 1.165) is 10.0 Å². The molecule has 0 spiro atoms. The zero-order valence-corrected chi connectivity index (χ0v) is 13.7. The number of carboxylic acids is 1. The van der Waals surface area contributed by atoms with Gasteiger partial charge in [0, 0.05) is 31.2 Å². The molecule has 6 heteroatoms. The number of benzene rings is 1. The quantitative estimate of drug-likeness (QED) is 0.907. The maximum atomic E-state index is 12.4. The summed E-state index contributed by atoms with van der Waals surface area (Å²) in [5.74, 6) is -1.31. The first kappa shape index (κ1) is 15.8. The summed E-state index contributed by atoms with van der Waals surface area (Å²) in [6.45, 7) is 3.15. The smallest absolute Gasteiger partial charge is 0.320 e. The lowest BCUT2D eigenvalue weighted by molar-refractivity contribution is -0.142. The zero-order chi connectivity index (χ0) is 15.6. The van der Waals surface area contributed by atoms with Gasteiger partial charge in [0.05, 0.1) is 5.92 Å². The number of aliphatic carboxylic acids is 1. The molecule has 2 amide bonds. The topological polar surface area (TPSA) is 60.9 Å². The lowest BCUT2D eigenvalue weighted by Crippen LogP contribution is -2.40. The van der Waals surface area contributed by atoms with Crippen molar-refractivity contribution < 1.29 is 14.7 Å². The molecule has 2 rings (SSSR count). The minimum absolute atomic E-state index is 0.0108. The van der Waals surface area contributed by atoms with Gasteiger partial charge in [0.2, 0.25) is 0 Å². The van der Waals surface area contributed by atoms with Gasteiger partial charge < -0.3 is 14.9 Å². The Morgan fingerprint density at radius 2 is 2.05 bits per heavy atom. The van der Waals surface area contributed by atoms with Gasteiger partial charge in [-0.1, -0.05) is 41.1 Å². The van der Waals surface area contributed by atoms with Crippen molar-refractivity contribution in [3.8, 4) is 0 Å². The predicted molar refractivity (Wildman–Crippen MR) is 82.9 cm³/mol. The molecule has 0 radical (unpaired) electrons. The van der Waals surface area contributed by atoms with E-state index >= 15 is 0 Å². The number of carbonyl (C=O) groups is 2. The number of hydrogen-bond acceptors (Lipinski definition) is 2. The van der Waals surface area contributed by atoms with Crippen LogP contribution in [0.1, 0.15) is 12.5 Å². The van der Waals surface area contributed by atoms with E-state index < -0.39 is 11.9 Å². The fourth-order valence-corrected chi connectivity index (χ4v) is 3.05. The largest absolute Gasteiger partial charge is 0.481 e. The third-order valence-electron chi connectivity index (χ3n) is 3.89. The molecule has 2 atom stereocenters. The van der Waals surface area contributed by atoms with Gasteiger partial charge in [-0.15, -0.1) is 0 Å². The van der Waals surface area contributed by atoms with Gasteiger partial charge in [0.1, 0.15) is 0 Å². The molecule has 1 aromatic rings. The molecule has 0 aromatic heterocycles. The summed E-state index contributed by atoms with van der Waals surface area (Å²) < 4.78 is 0.961. The number of carbonyl (C=O) groups excluding carboxylic acids is 1. The van der Waals surface area contributed by atoms with Crippen molar-refractivity contribution in [3.05, 3.63) is 34.3 Å². The van der Waals surface area contributed by atoms with Crippen molar-refractivity contribution in [2.45, 2.75) is 13.5 Å². The van der Waals surface area contributed by atoms with E-state index in [1.807, 2.05) is 31.2 Å². The van der Waals surface area contributed by atoms with E-state index in [9.17, 15) is 9.59 Å². The Morgan fingerprint density at radius 1 is 1.38 bits per heavy atom. The van der Waals surface area contributed by atoms with Gasteiger partial charge in [-0.25, -0.2) is 4.79 Å². The Bertz CT molecular complexity index is 549. The summed E-state index contributed by atoms with van der Waals surface area (Å²) in [7, 11) is 1.74. The lowest BCUT2D eigenvalue weighted by Gasteiger charge is -2.25. The second-order valence-corrected chi connectivity index (χ2v) is 6.41. The fourth-order valence-electron chi connectivity index (χ4n) is 2.64. The van der Waals surface area contributed by atoms with Crippen LogP contribution in [-0.4, -0.2) is 47.0 Å². The first-order valence-electron chi connectivity index (χ1n) is 6.86. The molecular formula is C15H19BrN2O3. The van der Waals surface area contributed by atoms with Gasteiger partial charge in [0.15, 0.2) is 0 Å². The number of likely N-dealkylation sites (tertiary alicyclic amines) is 1. The lowest BCUT2D eigenvalue weighted by atomic mass is 9.99. The van der Waals surface area contributed by atoms with Crippen LogP contribution in [0.15, 0.2) is 28.7 Å². The second kappa shape index (κ2) is 6.47. The van der Waals surface area contributed by atoms with E-state index in [1.54, 1.807) is 16.8 Å². The summed E-state index contributed by atoms with van der Waals surface area (Å²) in [5, 5.41) is 9.14. The highest BCUT2D eigenvalue weighted by molar-refractivity contribution is 9.10. The van der Waals surface area contributed by atoms with Crippen molar-refractivity contribution in [1.29, 1.82) is 0 Å². The highest BCUT2D eigenvalue weighted by Gasteiger charge is 2.37. The molecule has 1 heterocycles. The average Bonchev–Trinajstić information content (AvgIpc) is 2.82. The van der Waals surface area contributed by atoms with Crippen molar-refractivity contribution in [1.82, 2.24) is 9.80 Å². The monoisotopic (exact) mass is 354 g/mol. The van der Waals surface area contributed by atoms with E-state index in [0.29, 0.717) is 13.1 Å². The Balaban J connectivity index is 2.01. The van der Waals surface area contributed by atoms with Crippen LogP contribution in [0, 0.1) is 11.8 Å². The highest BCUT2D eigenvalue weighted by atomic mass is 79.9. The van der Waals surface area contributed by atoms with Crippen molar-refractivity contribution >= 4 is 27.9 Å². The second-order valence-electron chi connectivity index (χ2n) is 5.56. The molecule has 0 aliphatic carbocycles. The maximum Gasteiger partial charge on any atom is 0.320 e. The first-order chi connectivity index (χ1) is 9.90. The average molecular weight is 355 g/mol. The minimum Gasteiger partial charge on any atom is -0.481 e. The van der Waals surface area contributed by atoms with Crippen LogP contribution in [-0.2, 0) is 11.3 Å². The van der Waals surface area contributed by atoms with Crippen LogP contribution >= 0.6 is 15.9 Å². The molecule has 1 N–H and O–H groups in total. The molecule has 1 aliphatic rings. The molecule has 21 heavy (non-hydrogen) atoms. The van der Waals surface area contributed by atoms with Crippen LogP contribution in [0.5, 0.6) is 0 Å². The van der Waals surface area contributed by atoms with Gasteiger partial charge in [-0.05, 0) is 17.5 Å². The molecule has 1 fully saturated rings. The zero-order valence-electron chi connectivity index (χ0n) is 12.1. The number of carboxylic acid groups (broad SMARTS) is 1. The molecule has 1 saturated heterocycles. The van der Waals surface area contributed by atoms with Gasteiger partial charge in [-0.2, -0.15) is 0 Å². The summed E-state index contributed by atoms with van der Waals surface area (Å²) in [5.41, 5.74) is 1.02. The van der Waals surface area contributed by atoms with Gasteiger partial charge in [0.25, 0.3) is 0 Å². The normalized spacial score (nSPS) is 21.4. The van der Waals surface area contributed by atoms with Gasteiger partial charge in [-0.3, -0.25) is 4.79 Å². The number of amides is 2. The Kier molecular flexibility index (Phi) is 4.88. The molecule has 114 valence electrons. The van der Waals surface area contributed by atoms with Gasteiger partial charge >= 0.3 is 12.0 Å². The van der Waals surface area contributed by atoms with Crippen LogP contribution in [0.4, 0.5) is 4.79 Å². The molecule has 0 saturated carbocycles. The van der Waals surface area contributed by atoms with Crippen molar-refractivity contribution in [2.75, 3.05) is 20.1 Å². The summed E-state index contributed by atoms with van der Waals surface area (Å²) in [6.07, 6.45) is 0. The maximum absolute atomic E-state index is 12.4. The first-order valence-corrected chi connectivity index (χ1v) is 7.65. The summed E-state index contributed by atoms with van der Waals surface area (Å²) in [6, 6.07) is 7.62. The molecular weight excluding hydrogens is 336 g/mol. The van der Waals surface area contributed by atoms with E-state index in [4.69, 9.17) is 5.11 Å². The van der Waals surface area contributed by atoms with E-state index in [1.165, 1.54) is 0 Å². The SMILES string of the molecule is CC1CN(C(=O)N(C)Cc2ccccc2Br)CC1C(=O)O.